The Bertz CT molecular complexity index is 191. The summed E-state index contributed by atoms with van der Waals surface area (Å²) in [6.07, 6.45) is 9.12. The van der Waals surface area contributed by atoms with Crippen molar-refractivity contribution >= 4 is 0 Å². The quantitative estimate of drug-likeness (QED) is 0.615. The molecule has 0 bridgehead atoms. The molecule has 0 radical (unpaired) electrons. The second-order valence-electron chi connectivity index (χ2n) is 5.02. The minimum absolute atomic E-state index is 0.179. The Morgan fingerprint density at radius 2 is 1.20 bits per heavy atom. The Balaban J connectivity index is 1.35. The fourth-order valence-electron chi connectivity index (χ4n) is 1.56. The molecule has 0 unspecified atom stereocenters. The Labute approximate surface area is 91.1 Å². The number of ether oxygens (including phenoxy) is 3. The molecule has 0 atom stereocenters. The van der Waals surface area contributed by atoms with Crippen LogP contribution in [0, 0.1) is 0 Å². The van der Waals surface area contributed by atoms with Gasteiger partial charge in [-0.25, -0.2) is 0 Å². The summed E-state index contributed by atoms with van der Waals surface area (Å²) >= 11 is 0. The van der Waals surface area contributed by atoms with E-state index in [9.17, 15) is 0 Å². The molecule has 0 saturated heterocycles. The summed E-state index contributed by atoms with van der Waals surface area (Å²) in [6, 6.07) is 0. The van der Waals surface area contributed by atoms with Crippen LogP contribution in [0.5, 0.6) is 0 Å². The van der Waals surface area contributed by atoms with Crippen molar-refractivity contribution in [3.63, 3.8) is 0 Å². The van der Waals surface area contributed by atoms with Crippen LogP contribution in [0.2, 0.25) is 0 Å². The van der Waals surface area contributed by atoms with Gasteiger partial charge >= 0.3 is 0 Å². The van der Waals surface area contributed by atoms with Gasteiger partial charge in [0.05, 0.1) is 31.5 Å². The van der Waals surface area contributed by atoms with Gasteiger partial charge in [0.1, 0.15) is 6.10 Å². The summed E-state index contributed by atoms with van der Waals surface area (Å²) in [6.45, 7) is 1.46. The molecular weight excluding hydrogens is 192 g/mol. The lowest BCUT2D eigenvalue weighted by atomic mass is 10.4. The molecular formula is C12H20O3. The van der Waals surface area contributed by atoms with Gasteiger partial charge in [0.2, 0.25) is 0 Å². The highest BCUT2D eigenvalue weighted by atomic mass is 16.6. The molecule has 3 aliphatic rings. The van der Waals surface area contributed by atoms with Gasteiger partial charge in [0.25, 0.3) is 0 Å². The molecule has 15 heavy (non-hydrogen) atoms. The predicted molar refractivity (Wildman–Crippen MR) is 55.8 cm³/mol. The van der Waals surface area contributed by atoms with E-state index in [0.717, 1.165) is 13.2 Å². The van der Waals surface area contributed by atoms with E-state index in [1.54, 1.807) is 0 Å². The van der Waals surface area contributed by atoms with Gasteiger partial charge in [-0.3, -0.25) is 0 Å². The molecule has 0 amide bonds. The van der Waals surface area contributed by atoms with Gasteiger partial charge in [-0.05, 0) is 38.5 Å². The number of hydrogen-bond donors (Lipinski definition) is 0. The van der Waals surface area contributed by atoms with Gasteiger partial charge in [-0.1, -0.05) is 0 Å². The molecule has 0 aromatic carbocycles. The van der Waals surface area contributed by atoms with Crippen molar-refractivity contribution in [1.82, 2.24) is 0 Å². The predicted octanol–water partition coefficient (Wildman–Crippen LogP) is 1.89. The van der Waals surface area contributed by atoms with Crippen LogP contribution in [-0.4, -0.2) is 37.6 Å². The van der Waals surface area contributed by atoms with Gasteiger partial charge < -0.3 is 14.2 Å². The monoisotopic (exact) mass is 212 g/mol. The van der Waals surface area contributed by atoms with E-state index in [2.05, 4.69) is 0 Å². The normalized spacial score (nSPS) is 26.2. The topological polar surface area (TPSA) is 27.7 Å². The second kappa shape index (κ2) is 4.40. The fourth-order valence-corrected chi connectivity index (χ4v) is 1.56. The summed E-state index contributed by atoms with van der Waals surface area (Å²) in [4.78, 5) is 0. The molecule has 0 aromatic heterocycles. The van der Waals surface area contributed by atoms with Crippen LogP contribution in [0.3, 0.4) is 0 Å². The van der Waals surface area contributed by atoms with E-state index in [1.165, 1.54) is 38.5 Å². The Morgan fingerprint density at radius 1 is 0.733 bits per heavy atom. The van der Waals surface area contributed by atoms with Crippen molar-refractivity contribution < 1.29 is 14.2 Å². The van der Waals surface area contributed by atoms with Crippen molar-refractivity contribution in [3.05, 3.63) is 0 Å². The van der Waals surface area contributed by atoms with E-state index < -0.39 is 0 Å². The van der Waals surface area contributed by atoms with Crippen LogP contribution < -0.4 is 0 Å². The highest BCUT2D eigenvalue weighted by Crippen LogP contribution is 2.29. The lowest BCUT2D eigenvalue weighted by Gasteiger charge is -2.17. The summed E-state index contributed by atoms with van der Waals surface area (Å²) < 4.78 is 17.3. The SMILES string of the molecule is C1CC1OCC(COC1CC1)OC1CC1. The maximum Gasteiger partial charge on any atom is 0.104 e. The Kier molecular flexibility index (Phi) is 2.95. The van der Waals surface area contributed by atoms with Gasteiger partial charge in [-0.15, -0.1) is 0 Å². The first-order chi connectivity index (χ1) is 7.40. The molecule has 0 aliphatic heterocycles. The first-order valence-electron chi connectivity index (χ1n) is 6.29. The number of rotatable bonds is 8. The maximum absolute atomic E-state index is 5.87. The van der Waals surface area contributed by atoms with Crippen molar-refractivity contribution in [2.24, 2.45) is 0 Å². The molecule has 3 saturated carbocycles. The van der Waals surface area contributed by atoms with Gasteiger partial charge in [0, 0.05) is 0 Å². The zero-order valence-electron chi connectivity index (χ0n) is 9.19. The molecule has 0 heterocycles. The van der Waals surface area contributed by atoms with Crippen molar-refractivity contribution in [3.8, 4) is 0 Å². The van der Waals surface area contributed by atoms with E-state index in [1.807, 2.05) is 0 Å². The third-order valence-electron chi connectivity index (χ3n) is 2.99. The van der Waals surface area contributed by atoms with Gasteiger partial charge in [0.15, 0.2) is 0 Å². The lowest BCUT2D eigenvalue weighted by molar-refractivity contribution is -0.0729. The van der Waals surface area contributed by atoms with Crippen molar-refractivity contribution in [2.45, 2.75) is 62.9 Å². The number of hydrogen-bond acceptors (Lipinski definition) is 3. The van der Waals surface area contributed by atoms with Gasteiger partial charge in [-0.2, -0.15) is 0 Å². The van der Waals surface area contributed by atoms with E-state index in [4.69, 9.17) is 14.2 Å². The zero-order chi connectivity index (χ0) is 10.1. The molecule has 0 N–H and O–H groups in total. The smallest absolute Gasteiger partial charge is 0.104 e. The molecule has 3 heteroatoms. The Hall–Kier alpha value is -0.120. The standard InChI is InChI=1S/C12H20O3/c1-2-9(1)13-7-12(15-11-5-6-11)8-14-10-3-4-10/h9-12H,1-8H2. The lowest BCUT2D eigenvalue weighted by Crippen LogP contribution is -2.27. The molecule has 3 rings (SSSR count). The van der Waals surface area contributed by atoms with Crippen molar-refractivity contribution in [1.29, 1.82) is 0 Å². The zero-order valence-corrected chi connectivity index (χ0v) is 9.19. The third-order valence-corrected chi connectivity index (χ3v) is 2.99. The second-order valence-corrected chi connectivity index (χ2v) is 5.02. The van der Waals surface area contributed by atoms with E-state index in [-0.39, 0.29) is 6.10 Å². The van der Waals surface area contributed by atoms with E-state index >= 15 is 0 Å². The molecule has 86 valence electrons. The fraction of sp³-hybridized carbons (Fsp3) is 1.00. The average molecular weight is 212 g/mol. The minimum Gasteiger partial charge on any atom is -0.375 e. The third kappa shape index (κ3) is 3.74. The largest absolute Gasteiger partial charge is 0.375 e. The molecule has 3 nitrogen and oxygen atoms in total. The highest BCUT2D eigenvalue weighted by molar-refractivity contribution is 4.79. The van der Waals surface area contributed by atoms with Crippen LogP contribution in [0.1, 0.15) is 38.5 Å². The van der Waals surface area contributed by atoms with Crippen LogP contribution in [0.4, 0.5) is 0 Å². The average Bonchev–Trinajstić information content (AvgIpc) is 3.12. The highest BCUT2D eigenvalue weighted by Gasteiger charge is 2.30. The summed E-state index contributed by atoms with van der Waals surface area (Å²) in [7, 11) is 0. The first kappa shape index (κ1) is 10.1. The summed E-state index contributed by atoms with van der Waals surface area (Å²) in [5, 5.41) is 0. The molecule has 3 aliphatic carbocycles. The van der Waals surface area contributed by atoms with E-state index in [0.29, 0.717) is 18.3 Å². The molecule has 3 fully saturated rings. The van der Waals surface area contributed by atoms with Crippen LogP contribution >= 0.6 is 0 Å². The minimum atomic E-state index is 0.179. The summed E-state index contributed by atoms with van der Waals surface area (Å²) in [5.74, 6) is 0. The first-order valence-corrected chi connectivity index (χ1v) is 6.29. The van der Waals surface area contributed by atoms with Crippen LogP contribution in [-0.2, 0) is 14.2 Å². The Morgan fingerprint density at radius 3 is 1.60 bits per heavy atom. The molecule has 0 aromatic rings. The summed E-state index contributed by atoms with van der Waals surface area (Å²) in [5.41, 5.74) is 0. The molecule has 0 spiro atoms. The van der Waals surface area contributed by atoms with Crippen LogP contribution in [0.25, 0.3) is 0 Å². The maximum atomic E-state index is 5.87. The van der Waals surface area contributed by atoms with Crippen molar-refractivity contribution in [2.75, 3.05) is 13.2 Å². The van der Waals surface area contributed by atoms with Crippen LogP contribution in [0.15, 0.2) is 0 Å².